The molecule has 0 aliphatic heterocycles. The zero-order valence-electron chi connectivity index (χ0n) is 10.3. The number of aromatic nitrogens is 1. The van der Waals surface area contributed by atoms with Crippen molar-refractivity contribution in [3.63, 3.8) is 0 Å². The van der Waals surface area contributed by atoms with Gasteiger partial charge < -0.3 is 5.11 Å². The molecule has 0 saturated heterocycles. The maximum Gasteiger partial charge on any atom is 0.273 e. The lowest BCUT2D eigenvalue weighted by atomic mass is 10.2. The number of non-ortho nitro benzene ring substituents is 1. The summed E-state index contributed by atoms with van der Waals surface area (Å²) in [6.45, 7) is 1.87. The van der Waals surface area contributed by atoms with Gasteiger partial charge in [-0.15, -0.1) is 28.3 Å². The minimum atomic E-state index is -0.572. The summed E-state index contributed by atoms with van der Waals surface area (Å²) < 4.78 is 0. The number of hydrazone groups is 1. The van der Waals surface area contributed by atoms with Gasteiger partial charge in [-0.2, -0.15) is 5.10 Å². The molecule has 0 bridgehead atoms. The molecule has 0 unspecified atom stereocenters. The van der Waals surface area contributed by atoms with Gasteiger partial charge in [-0.05, 0) is 13.0 Å². The van der Waals surface area contributed by atoms with E-state index in [0.29, 0.717) is 10.7 Å². The first-order chi connectivity index (χ1) is 9.06. The van der Waals surface area contributed by atoms with Crippen LogP contribution >= 0.6 is 28.3 Å². The van der Waals surface area contributed by atoms with Crippen LogP contribution in [0.4, 0.5) is 10.8 Å². The fraction of sp³-hybridized carbons (Fsp3) is 0.0909. The van der Waals surface area contributed by atoms with Crippen LogP contribution in [-0.2, 0) is 0 Å². The number of hydrogen-bond donors (Lipinski definition) is 2. The van der Waals surface area contributed by atoms with Crippen LogP contribution in [0, 0.1) is 17.0 Å². The van der Waals surface area contributed by atoms with Gasteiger partial charge in [0.15, 0.2) is 0 Å². The van der Waals surface area contributed by atoms with Crippen molar-refractivity contribution in [1.82, 2.24) is 4.98 Å². The van der Waals surface area contributed by atoms with Gasteiger partial charge in [-0.1, -0.05) is 0 Å². The summed E-state index contributed by atoms with van der Waals surface area (Å²) in [6, 6.07) is 3.80. The molecule has 20 heavy (non-hydrogen) atoms. The minimum absolute atomic E-state index is 0. The molecular formula is C11H11BrN4O3S. The SMILES string of the molecule is Br.Cc1csc(N/N=C/c2ccc([N+](=O)[O-])cc2O)n1. The maximum absolute atomic E-state index is 10.5. The van der Waals surface area contributed by atoms with E-state index in [4.69, 9.17) is 0 Å². The monoisotopic (exact) mass is 358 g/mol. The topological polar surface area (TPSA) is 101 Å². The van der Waals surface area contributed by atoms with Crippen LogP contribution in [0.5, 0.6) is 5.75 Å². The summed E-state index contributed by atoms with van der Waals surface area (Å²) in [6.07, 6.45) is 1.37. The van der Waals surface area contributed by atoms with Crippen molar-refractivity contribution in [2.45, 2.75) is 6.92 Å². The quantitative estimate of drug-likeness (QED) is 0.496. The number of phenolic OH excluding ortho intramolecular Hbond substituents is 1. The fourth-order valence-corrected chi connectivity index (χ4v) is 1.95. The van der Waals surface area contributed by atoms with E-state index >= 15 is 0 Å². The molecule has 2 aromatic rings. The molecule has 0 saturated carbocycles. The van der Waals surface area contributed by atoms with Crippen molar-refractivity contribution in [1.29, 1.82) is 0 Å². The van der Waals surface area contributed by atoms with Gasteiger partial charge in [0.2, 0.25) is 5.13 Å². The molecule has 0 aliphatic rings. The van der Waals surface area contributed by atoms with E-state index in [-0.39, 0.29) is 28.4 Å². The molecule has 0 aliphatic carbocycles. The van der Waals surface area contributed by atoms with Gasteiger partial charge in [-0.3, -0.25) is 15.5 Å². The Morgan fingerprint density at radius 2 is 2.30 bits per heavy atom. The molecule has 2 rings (SSSR count). The van der Waals surface area contributed by atoms with Crippen molar-refractivity contribution in [2.24, 2.45) is 5.10 Å². The van der Waals surface area contributed by atoms with Crippen LogP contribution in [0.15, 0.2) is 28.7 Å². The summed E-state index contributed by atoms with van der Waals surface area (Å²) in [5, 5.41) is 26.5. The predicted molar refractivity (Wildman–Crippen MR) is 83.2 cm³/mol. The number of aromatic hydroxyl groups is 1. The average Bonchev–Trinajstić information content (AvgIpc) is 2.77. The Bertz CT molecular complexity index is 644. The third kappa shape index (κ3) is 4.00. The highest BCUT2D eigenvalue weighted by Gasteiger charge is 2.08. The zero-order chi connectivity index (χ0) is 13.8. The Labute approximate surface area is 128 Å². The molecule has 7 nitrogen and oxygen atoms in total. The van der Waals surface area contributed by atoms with Crippen molar-refractivity contribution in [3.8, 4) is 5.75 Å². The number of thiazole rings is 1. The summed E-state index contributed by atoms with van der Waals surface area (Å²) >= 11 is 1.41. The highest BCUT2D eigenvalue weighted by molar-refractivity contribution is 8.93. The summed E-state index contributed by atoms with van der Waals surface area (Å²) in [4.78, 5) is 14.1. The van der Waals surface area contributed by atoms with E-state index in [0.717, 1.165) is 11.8 Å². The van der Waals surface area contributed by atoms with Gasteiger partial charge in [0.1, 0.15) is 5.75 Å². The van der Waals surface area contributed by atoms with Gasteiger partial charge in [0.05, 0.1) is 22.9 Å². The summed E-state index contributed by atoms with van der Waals surface area (Å²) in [5.74, 6) is -0.199. The summed E-state index contributed by atoms with van der Waals surface area (Å²) in [5.41, 5.74) is 3.81. The van der Waals surface area contributed by atoms with E-state index in [1.54, 1.807) is 0 Å². The Morgan fingerprint density at radius 1 is 1.55 bits per heavy atom. The normalized spacial score (nSPS) is 10.2. The Kier molecular flexibility index (Phi) is 5.59. The number of rotatable bonds is 4. The molecule has 0 spiro atoms. The molecule has 1 aromatic heterocycles. The smallest absolute Gasteiger partial charge is 0.273 e. The van der Waals surface area contributed by atoms with Crippen LogP contribution < -0.4 is 5.43 Å². The number of nitrogens with zero attached hydrogens (tertiary/aromatic N) is 3. The van der Waals surface area contributed by atoms with Gasteiger partial charge in [-0.25, -0.2) is 4.98 Å². The molecule has 9 heteroatoms. The highest BCUT2D eigenvalue weighted by atomic mass is 79.9. The van der Waals surface area contributed by atoms with Crippen LogP contribution in [0.1, 0.15) is 11.3 Å². The first-order valence-corrected chi connectivity index (χ1v) is 6.13. The molecule has 0 amide bonds. The van der Waals surface area contributed by atoms with Crippen molar-refractivity contribution in [2.75, 3.05) is 5.43 Å². The molecule has 1 aromatic carbocycles. The molecule has 0 fully saturated rings. The number of nitro benzene ring substituents is 1. The van der Waals surface area contributed by atoms with Gasteiger partial charge >= 0.3 is 0 Å². The number of aryl methyl sites for hydroxylation is 1. The molecular weight excluding hydrogens is 348 g/mol. The largest absolute Gasteiger partial charge is 0.507 e. The molecule has 1 heterocycles. The highest BCUT2D eigenvalue weighted by Crippen LogP contribution is 2.22. The van der Waals surface area contributed by atoms with Crippen LogP contribution in [0.3, 0.4) is 0 Å². The van der Waals surface area contributed by atoms with Gasteiger partial charge in [0, 0.05) is 17.0 Å². The minimum Gasteiger partial charge on any atom is -0.507 e. The third-order valence-electron chi connectivity index (χ3n) is 2.21. The standard InChI is InChI=1S/C11H10N4O3S.BrH/c1-7-6-19-11(13-7)14-12-5-8-2-3-9(15(17)18)4-10(8)16;/h2-6,16H,1H3,(H,13,14);1H/b12-5+;. The predicted octanol–water partition coefficient (Wildman–Crippen LogP) is 3.09. The van der Waals surface area contributed by atoms with Crippen LogP contribution in [-0.4, -0.2) is 21.2 Å². The lowest BCUT2D eigenvalue weighted by Gasteiger charge is -1.98. The lowest BCUT2D eigenvalue weighted by molar-refractivity contribution is -0.384. The molecule has 106 valence electrons. The second kappa shape index (κ2) is 6.96. The van der Waals surface area contributed by atoms with E-state index in [1.165, 1.54) is 29.7 Å². The fourth-order valence-electron chi connectivity index (χ4n) is 1.32. The first-order valence-electron chi connectivity index (χ1n) is 5.25. The van der Waals surface area contributed by atoms with Gasteiger partial charge in [0.25, 0.3) is 5.69 Å². The van der Waals surface area contributed by atoms with Crippen molar-refractivity contribution < 1.29 is 10.0 Å². The van der Waals surface area contributed by atoms with Crippen LogP contribution in [0.25, 0.3) is 0 Å². The number of halogens is 1. The van der Waals surface area contributed by atoms with Crippen LogP contribution in [0.2, 0.25) is 0 Å². The summed E-state index contributed by atoms with van der Waals surface area (Å²) in [7, 11) is 0. The number of benzene rings is 1. The maximum atomic E-state index is 10.5. The molecule has 0 radical (unpaired) electrons. The van der Waals surface area contributed by atoms with E-state index in [1.807, 2.05) is 12.3 Å². The Hall–Kier alpha value is -2.00. The Balaban J connectivity index is 0.00000200. The number of hydrogen-bond acceptors (Lipinski definition) is 7. The zero-order valence-corrected chi connectivity index (χ0v) is 12.8. The first kappa shape index (κ1) is 16.1. The molecule has 2 N–H and O–H groups in total. The molecule has 0 atom stereocenters. The van der Waals surface area contributed by atoms with E-state index in [9.17, 15) is 15.2 Å². The number of nitro groups is 1. The Morgan fingerprint density at radius 3 is 2.85 bits per heavy atom. The number of nitrogens with one attached hydrogen (secondary N) is 1. The number of phenols is 1. The lowest BCUT2D eigenvalue weighted by Crippen LogP contribution is -1.92. The second-order valence-corrected chi connectivity index (χ2v) is 4.52. The average molecular weight is 359 g/mol. The third-order valence-corrected chi connectivity index (χ3v) is 3.07. The number of anilines is 1. The second-order valence-electron chi connectivity index (χ2n) is 3.66. The van der Waals surface area contributed by atoms with Crippen molar-refractivity contribution in [3.05, 3.63) is 45.0 Å². The van der Waals surface area contributed by atoms with E-state index in [2.05, 4.69) is 15.5 Å². The van der Waals surface area contributed by atoms with E-state index < -0.39 is 4.92 Å². The van der Waals surface area contributed by atoms with Crippen molar-refractivity contribution >= 4 is 45.4 Å².